The predicted octanol–water partition coefficient (Wildman–Crippen LogP) is 1.97. The van der Waals surface area contributed by atoms with Gasteiger partial charge in [-0.3, -0.25) is 0 Å². The first-order valence-corrected chi connectivity index (χ1v) is 6.42. The number of hydrogen-bond acceptors (Lipinski definition) is 3. The molecular weight excluding hydrogens is 210 g/mol. The molecular formula is C11H15NO2S. The average molecular weight is 225 g/mol. The monoisotopic (exact) mass is 225 g/mol. The number of aryl methyl sites for hydroxylation is 1. The lowest BCUT2D eigenvalue weighted by molar-refractivity contribution is 0.548. The number of nitrogens with one attached hydrogen (secondary N) is 1. The van der Waals surface area contributed by atoms with Gasteiger partial charge in [0.25, 0.3) is 0 Å². The summed E-state index contributed by atoms with van der Waals surface area (Å²) in [6.45, 7) is 5.91. The Hall–Kier alpha value is -1.03. The van der Waals surface area contributed by atoms with Gasteiger partial charge in [0, 0.05) is 6.54 Å². The Morgan fingerprint density at radius 1 is 1.33 bits per heavy atom. The second-order valence-electron chi connectivity index (χ2n) is 4.62. The van der Waals surface area contributed by atoms with E-state index in [9.17, 15) is 8.42 Å². The summed E-state index contributed by atoms with van der Waals surface area (Å²) >= 11 is 0. The Kier molecular flexibility index (Phi) is 2.08. The summed E-state index contributed by atoms with van der Waals surface area (Å²) in [5.74, 6) is 0. The molecule has 1 aliphatic rings. The zero-order chi connectivity index (χ0) is 11.3. The van der Waals surface area contributed by atoms with E-state index in [2.05, 4.69) is 5.32 Å². The highest BCUT2D eigenvalue weighted by molar-refractivity contribution is 7.93. The van der Waals surface area contributed by atoms with Crippen molar-refractivity contribution >= 4 is 15.5 Å². The van der Waals surface area contributed by atoms with E-state index in [1.165, 1.54) is 0 Å². The third-order valence-corrected chi connectivity index (χ3v) is 5.39. The van der Waals surface area contributed by atoms with Crippen molar-refractivity contribution in [2.45, 2.75) is 30.4 Å². The van der Waals surface area contributed by atoms with Crippen LogP contribution in [0.2, 0.25) is 0 Å². The van der Waals surface area contributed by atoms with Crippen molar-refractivity contribution in [3.05, 3.63) is 23.8 Å². The maximum atomic E-state index is 12.2. The van der Waals surface area contributed by atoms with Crippen LogP contribution in [0, 0.1) is 6.92 Å². The number of benzene rings is 1. The van der Waals surface area contributed by atoms with Gasteiger partial charge in [-0.15, -0.1) is 0 Å². The fourth-order valence-corrected chi connectivity index (χ4v) is 3.24. The molecule has 15 heavy (non-hydrogen) atoms. The maximum absolute atomic E-state index is 12.2. The Morgan fingerprint density at radius 2 is 2.00 bits per heavy atom. The molecule has 0 atom stereocenters. The van der Waals surface area contributed by atoms with E-state index in [-0.39, 0.29) is 0 Å². The fourth-order valence-electron chi connectivity index (χ4n) is 1.72. The summed E-state index contributed by atoms with van der Waals surface area (Å²) in [5.41, 5.74) is 1.80. The maximum Gasteiger partial charge on any atom is 0.187 e. The van der Waals surface area contributed by atoms with Crippen molar-refractivity contribution in [3.63, 3.8) is 0 Å². The molecule has 1 aromatic rings. The smallest absolute Gasteiger partial charge is 0.187 e. The van der Waals surface area contributed by atoms with E-state index in [1.807, 2.05) is 19.1 Å². The second-order valence-corrected chi connectivity index (χ2v) is 7.17. The fraction of sp³-hybridized carbons (Fsp3) is 0.455. The van der Waals surface area contributed by atoms with Gasteiger partial charge in [-0.25, -0.2) is 8.42 Å². The van der Waals surface area contributed by atoms with Crippen molar-refractivity contribution in [1.29, 1.82) is 0 Å². The second kappa shape index (κ2) is 2.98. The van der Waals surface area contributed by atoms with Crippen LogP contribution in [0.15, 0.2) is 23.1 Å². The molecule has 1 N–H and O–H groups in total. The first kappa shape index (κ1) is 10.5. The van der Waals surface area contributed by atoms with Crippen LogP contribution in [0.1, 0.15) is 19.4 Å². The third kappa shape index (κ3) is 1.44. The molecule has 0 aliphatic carbocycles. The SMILES string of the molecule is Cc1ccc2c(c1)NCC(C)(C)S2(=O)=O. The molecule has 4 heteroatoms. The summed E-state index contributed by atoms with van der Waals surface area (Å²) in [6, 6.07) is 5.40. The minimum atomic E-state index is -3.20. The van der Waals surface area contributed by atoms with Gasteiger partial charge in [0.15, 0.2) is 9.84 Å². The molecule has 0 spiro atoms. The van der Waals surface area contributed by atoms with Crippen molar-refractivity contribution in [2.75, 3.05) is 11.9 Å². The summed E-state index contributed by atoms with van der Waals surface area (Å²) in [5, 5.41) is 3.17. The summed E-state index contributed by atoms with van der Waals surface area (Å²) in [6.07, 6.45) is 0. The minimum absolute atomic E-state index is 0.421. The molecule has 2 rings (SSSR count). The van der Waals surface area contributed by atoms with Gasteiger partial charge in [0.05, 0.1) is 15.3 Å². The molecule has 82 valence electrons. The molecule has 0 saturated carbocycles. The van der Waals surface area contributed by atoms with Gasteiger partial charge in [-0.1, -0.05) is 6.07 Å². The van der Waals surface area contributed by atoms with Gasteiger partial charge in [0.1, 0.15) is 0 Å². The lowest BCUT2D eigenvalue weighted by Crippen LogP contribution is -2.42. The topological polar surface area (TPSA) is 46.2 Å². The molecule has 1 aliphatic heterocycles. The Labute approximate surface area is 90.4 Å². The van der Waals surface area contributed by atoms with Gasteiger partial charge in [0.2, 0.25) is 0 Å². The van der Waals surface area contributed by atoms with Crippen molar-refractivity contribution < 1.29 is 8.42 Å². The van der Waals surface area contributed by atoms with Crippen molar-refractivity contribution in [1.82, 2.24) is 0 Å². The highest BCUT2D eigenvalue weighted by Crippen LogP contribution is 2.35. The lowest BCUT2D eigenvalue weighted by Gasteiger charge is -2.32. The van der Waals surface area contributed by atoms with Gasteiger partial charge < -0.3 is 5.32 Å². The zero-order valence-corrected chi connectivity index (χ0v) is 9.98. The van der Waals surface area contributed by atoms with E-state index in [4.69, 9.17) is 0 Å². The summed E-state index contributed by atoms with van der Waals surface area (Å²) < 4.78 is 23.7. The number of sulfone groups is 1. The van der Waals surface area contributed by atoms with Crippen LogP contribution >= 0.6 is 0 Å². The number of anilines is 1. The Balaban J connectivity index is 2.69. The standard InChI is InChI=1S/C11H15NO2S/c1-8-4-5-10-9(6-8)12-7-11(2,3)15(10,13)14/h4-6,12H,7H2,1-3H3. The minimum Gasteiger partial charge on any atom is -0.382 e. The highest BCUT2D eigenvalue weighted by Gasteiger charge is 2.40. The van der Waals surface area contributed by atoms with Gasteiger partial charge in [-0.05, 0) is 38.5 Å². The van der Waals surface area contributed by atoms with E-state index in [1.54, 1.807) is 19.9 Å². The molecule has 1 aromatic carbocycles. The summed E-state index contributed by atoms with van der Waals surface area (Å²) in [7, 11) is -3.20. The van der Waals surface area contributed by atoms with Crippen molar-refractivity contribution in [3.8, 4) is 0 Å². The van der Waals surface area contributed by atoms with Crippen LogP contribution in [0.3, 0.4) is 0 Å². The number of rotatable bonds is 0. The van der Waals surface area contributed by atoms with Crippen LogP contribution in [-0.2, 0) is 9.84 Å². The Bertz CT molecular complexity index is 503. The van der Waals surface area contributed by atoms with Crippen LogP contribution in [0.5, 0.6) is 0 Å². The summed E-state index contributed by atoms with van der Waals surface area (Å²) in [4.78, 5) is 0.421. The lowest BCUT2D eigenvalue weighted by atomic mass is 10.1. The molecule has 3 nitrogen and oxygen atoms in total. The van der Waals surface area contributed by atoms with Crippen LogP contribution in [-0.4, -0.2) is 19.7 Å². The normalized spacial score (nSPS) is 21.5. The van der Waals surface area contributed by atoms with Crippen LogP contribution in [0.25, 0.3) is 0 Å². The number of hydrogen-bond donors (Lipinski definition) is 1. The van der Waals surface area contributed by atoms with Gasteiger partial charge in [-0.2, -0.15) is 0 Å². The molecule has 0 bridgehead atoms. The average Bonchev–Trinajstić information content (AvgIpc) is 2.12. The molecule has 0 amide bonds. The Morgan fingerprint density at radius 3 is 2.67 bits per heavy atom. The van der Waals surface area contributed by atoms with E-state index in [0.717, 1.165) is 11.3 Å². The van der Waals surface area contributed by atoms with E-state index in [0.29, 0.717) is 11.4 Å². The van der Waals surface area contributed by atoms with Gasteiger partial charge >= 0.3 is 0 Å². The first-order valence-electron chi connectivity index (χ1n) is 4.94. The molecule has 1 heterocycles. The molecule has 0 saturated heterocycles. The zero-order valence-electron chi connectivity index (χ0n) is 9.16. The molecule has 0 aromatic heterocycles. The van der Waals surface area contributed by atoms with Crippen molar-refractivity contribution in [2.24, 2.45) is 0 Å². The molecule has 0 fully saturated rings. The third-order valence-electron chi connectivity index (χ3n) is 2.86. The molecule has 0 unspecified atom stereocenters. The number of fused-ring (bicyclic) bond motifs is 1. The van der Waals surface area contributed by atoms with E-state index < -0.39 is 14.6 Å². The molecule has 0 radical (unpaired) electrons. The quantitative estimate of drug-likeness (QED) is 0.734. The first-order chi connectivity index (χ1) is 6.84. The predicted molar refractivity (Wildman–Crippen MR) is 60.9 cm³/mol. The largest absolute Gasteiger partial charge is 0.382 e. The van der Waals surface area contributed by atoms with E-state index >= 15 is 0 Å². The highest BCUT2D eigenvalue weighted by atomic mass is 32.2. The van der Waals surface area contributed by atoms with Crippen LogP contribution < -0.4 is 5.32 Å². The van der Waals surface area contributed by atoms with Crippen LogP contribution in [0.4, 0.5) is 5.69 Å².